The van der Waals surface area contributed by atoms with Crippen LogP contribution in [0.1, 0.15) is 30.5 Å². The van der Waals surface area contributed by atoms with E-state index in [2.05, 4.69) is 20.8 Å². The topological polar surface area (TPSA) is 23.8 Å². The van der Waals surface area contributed by atoms with E-state index in [9.17, 15) is 0 Å². The van der Waals surface area contributed by atoms with E-state index >= 15 is 0 Å². The second-order valence-electron chi connectivity index (χ2n) is 3.09. The molecule has 13 heavy (non-hydrogen) atoms. The summed E-state index contributed by atoms with van der Waals surface area (Å²) in [6, 6.07) is 3.94. The normalized spacial score (nSPS) is 9.46. The Balaban J connectivity index is 0.00000144. The Morgan fingerprint density at radius 3 is 2.00 bits per heavy atom. The Morgan fingerprint density at radius 2 is 1.62 bits per heavy atom. The molecule has 0 aliphatic heterocycles. The van der Waals surface area contributed by atoms with Crippen LogP contribution in [0.2, 0.25) is 0 Å². The van der Waals surface area contributed by atoms with Crippen molar-refractivity contribution in [1.29, 1.82) is 0 Å². The molecule has 0 aromatic heterocycles. The first kappa shape index (κ1) is 12.6. The van der Waals surface area contributed by atoms with Gasteiger partial charge in [-0.1, -0.05) is 31.5 Å². The van der Waals surface area contributed by atoms with Crippen LogP contribution in [0.3, 0.4) is 0 Å². The molecule has 0 fully saturated rings. The SMILES string of the molecule is CCc1c(C)ccc([NH-])c1CC.[Li+]. The van der Waals surface area contributed by atoms with E-state index in [-0.39, 0.29) is 18.9 Å². The van der Waals surface area contributed by atoms with Crippen molar-refractivity contribution in [2.75, 3.05) is 0 Å². The monoisotopic (exact) mass is 169 g/mol. The summed E-state index contributed by atoms with van der Waals surface area (Å²) in [5.74, 6) is 0. The molecule has 0 atom stereocenters. The largest absolute Gasteiger partial charge is 1.00 e. The summed E-state index contributed by atoms with van der Waals surface area (Å²) in [4.78, 5) is 0. The van der Waals surface area contributed by atoms with Crippen molar-refractivity contribution < 1.29 is 18.9 Å². The van der Waals surface area contributed by atoms with Gasteiger partial charge in [0.1, 0.15) is 0 Å². The average molecular weight is 169 g/mol. The molecule has 0 radical (unpaired) electrons. The summed E-state index contributed by atoms with van der Waals surface area (Å²) in [7, 11) is 0. The van der Waals surface area contributed by atoms with E-state index < -0.39 is 0 Å². The molecule has 0 spiro atoms. The molecule has 1 N–H and O–H groups in total. The van der Waals surface area contributed by atoms with Gasteiger partial charge in [0.15, 0.2) is 0 Å². The van der Waals surface area contributed by atoms with Crippen LogP contribution in [0.25, 0.3) is 5.73 Å². The van der Waals surface area contributed by atoms with E-state index in [0.29, 0.717) is 5.69 Å². The summed E-state index contributed by atoms with van der Waals surface area (Å²) in [5, 5.41) is 0. The molecule has 1 aromatic rings. The molecular formula is C11H16LiN. The number of nitrogens with one attached hydrogen (secondary N) is 1. The van der Waals surface area contributed by atoms with Crippen molar-refractivity contribution in [2.24, 2.45) is 0 Å². The maximum Gasteiger partial charge on any atom is 1.00 e. The Morgan fingerprint density at radius 1 is 1.08 bits per heavy atom. The van der Waals surface area contributed by atoms with Crippen molar-refractivity contribution in [1.82, 2.24) is 0 Å². The van der Waals surface area contributed by atoms with Gasteiger partial charge in [-0.3, -0.25) is 0 Å². The minimum Gasteiger partial charge on any atom is -0.698 e. The van der Waals surface area contributed by atoms with Gasteiger partial charge in [-0.05, 0) is 30.9 Å². The van der Waals surface area contributed by atoms with Crippen LogP contribution < -0.4 is 18.9 Å². The van der Waals surface area contributed by atoms with Gasteiger partial charge in [-0.25, -0.2) is 0 Å². The van der Waals surface area contributed by atoms with Gasteiger partial charge in [0, 0.05) is 0 Å². The molecule has 66 valence electrons. The third kappa shape index (κ3) is 2.53. The molecule has 0 bridgehead atoms. The molecule has 2 heteroatoms. The fourth-order valence-electron chi connectivity index (χ4n) is 1.71. The molecule has 0 aliphatic carbocycles. The molecule has 1 aromatic carbocycles. The van der Waals surface area contributed by atoms with Crippen LogP contribution in [0.4, 0.5) is 5.69 Å². The van der Waals surface area contributed by atoms with Crippen LogP contribution in [0.15, 0.2) is 12.1 Å². The second-order valence-corrected chi connectivity index (χ2v) is 3.09. The molecule has 0 saturated heterocycles. The molecule has 1 nitrogen and oxygen atoms in total. The fraction of sp³-hybridized carbons (Fsp3) is 0.455. The van der Waals surface area contributed by atoms with Crippen LogP contribution in [-0.2, 0) is 12.8 Å². The minimum atomic E-state index is 0. The van der Waals surface area contributed by atoms with Gasteiger partial charge in [-0.2, -0.15) is 0 Å². The van der Waals surface area contributed by atoms with E-state index in [0.717, 1.165) is 12.8 Å². The third-order valence-corrected chi connectivity index (χ3v) is 2.37. The van der Waals surface area contributed by atoms with Crippen LogP contribution >= 0.6 is 0 Å². The summed E-state index contributed by atoms with van der Waals surface area (Å²) in [6.45, 7) is 6.39. The van der Waals surface area contributed by atoms with Gasteiger partial charge in [0.05, 0.1) is 0 Å². The number of aryl methyl sites for hydroxylation is 1. The second kappa shape index (κ2) is 5.37. The van der Waals surface area contributed by atoms with Crippen LogP contribution in [-0.4, -0.2) is 0 Å². The van der Waals surface area contributed by atoms with Gasteiger partial charge >= 0.3 is 18.9 Å². The Bertz CT molecular complexity index is 253. The summed E-state index contributed by atoms with van der Waals surface area (Å²) >= 11 is 0. The van der Waals surface area contributed by atoms with Crippen molar-refractivity contribution in [3.05, 3.63) is 34.6 Å². The third-order valence-electron chi connectivity index (χ3n) is 2.37. The Kier molecular flexibility index (Phi) is 5.21. The van der Waals surface area contributed by atoms with Gasteiger partial charge < -0.3 is 5.73 Å². The van der Waals surface area contributed by atoms with Crippen LogP contribution in [0.5, 0.6) is 0 Å². The predicted octanol–water partition coefficient (Wildman–Crippen LogP) is 0.808. The maximum atomic E-state index is 7.71. The standard InChI is InChI=1S/C11H16N.Li/c1-4-9-8(3)6-7-11(12)10(9)5-2;/h6-7,12H,4-5H2,1-3H3;/q-1;+1. The number of rotatable bonds is 2. The zero-order valence-corrected chi connectivity index (χ0v) is 9.07. The quantitative estimate of drug-likeness (QED) is 0.585. The fourth-order valence-corrected chi connectivity index (χ4v) is 1.71. The number of benzene rings is 1. The summed E-state index contributed by atoms with van der Waals surface area (Å²) < 4.78 is 0. The first-order valence-electron chi connectivity index (χ1n) is 4.53. The van der Waals surface area contributed by atoms with Crippen molar-refractivity contribution in [2.45, 2.75) is 33.6 Å². The van der Waals surface area contributed by atoms with Crippen molar-refractivity contribution in [3.63, 3.8) is 0 Å². The van der Waals surface area contributed by atoms with Crippen LogP contribution in [0, 0.1) is 6.92 Å². The maximum absolute atomic E-state index is 7.71. The Labute approximate surface area is 92.9 Å². The first-order chi connectivity index (χ1) is 5.70. The zero-order chi connectivity index (χ0) is 9.14. The molecule has 0 amide bonds. The predicted molar refractivity (Wildman–Crippen MR) is 53.9 cm³/mol. The molecular weight excluding hydrogens is 153 g/mol. The van der Waals surface area contributed by atoms with Gasteiger partial charge in [0.25, 0.3) is 0 Å². The van der Waals surface area contributed by atoms with Crippen molar-refractivity contribution in [3.8, 4) is 0 Å². The molecule has 0 heterocycles. The summed E-state index contributed by atoms with van der Waals surface area (Å²) in [5.41, 5.74) is 12.3. The van der Waals surface area contributed by atoms with Gasteiger partial charge in [-0.15, -0.1) is 5.69 Å². The van der Waals surface area contributed by atoms with E-state index in [1.807, 2.05) is 12.1 Å². The molecule has 0 unspecified atom stereocenters. The smallest absolute Gasteiger partial charge is 0.698 e. The number of hydrogen-bond acceptors (Lipinski definition) is 0. The number of hydrogen-bond donors (Lipinski definition) is 0. The average Bonchev–Trinajstić information content (AvgIpc) is 2.08. The molecule has 1 rings (SSSR count). The van der Waals surface area contributed by atoms with E-state index in [1.165, 1.54) is 16.7 Å². The van der Waals surface area contributed by atoms with E-state index in [4.69, 9.17) is 5.73 Å². The molecule has 0 aliphatic rings. The minimum absolute atomic E-state index is 0. The Hall–Kier alpha value is -0.383. The first-order valence-corrected chi connectivity index (χ1v) is 4.53. The molecule has 0 saturated carbocycles. The van der Waals surface area contributed by atoms with E-state index in [1.54, 1.807) is 0 Å². The van der Waals surface area contributed by atoms with Crippen molar-refractivity contribution >= 4 is 5.69 Å². The summed E-state index contributed by atoms with van der Waals surface area (Å²) in [6.07, 6.45) is 2.02. The zero-order valence-electron chi connectivity index (χ0n) is 9.07. The van der Waals surface area contributed by atoms with Gasteiger partial charge in [0.2, 0.25) is 0 Å².